The maximum atomic E-state index is 10.6. The summed E-state index contributed by atoms with van der Waals surface area (Å²) in [7, 11) is 1.54. The summed E-state index contributed by atoms with van der Waals surface area (Å²) in [4.78, 5) is 10.6. The zero-order valence-electron chi connectivity index (χ0n) is 6.33. The van der Waals surface area contributed by atoms with Crippen LogP contribution in [0.25, 0.3) is 0 Å². The Balaban J connectivity index is 3.22. The molecule has 0 heterocycles. The fourth-order valence-electron chi connectivity index (χ4n) is 0.397. The summed E-state index contributed by atoms with van der Waals surface area (Å²) in [5, 5.41) is 0. The normalized spacial score (nSPS) is 9.10. The van der Waals surface area contributed by atoms with E-state index in [2.05, 4.69) is 12.8 Å². The van der Waals surface area contributed by atoms with Crippen molar-refractivity contribution < 1.29 is 9.53 Å². The van der Waals surface area contributed by atoms with Crippen molar-refractivity contribution in [2.45, 2.75) is 19.8 Å². The molecule has 0 atom stereocenters. The second kappa shape index (κ2) is 5.41. The van der Waals surface area contributed by atoms with Crippen molar-refractivity contribution in [2.24, 2.45) is 0 Å². The van der Waals surface area contributed by atoms with Crippen molar-refractivity contribution in [1.29, 1.82) is 0 Å². The van der Waals surface area contributed by atoms with Crippen molar-refractivity contribution in [3.63, 3.8) is 0 Å². The lowest BCUT2D eigenvalue weighted by atomic mass is 10.4. The first kappa shape index (κ1) is 9.62. The smallest absolute Gasteiger partial charge is 0.419 e. The summed E-state index contributed by atoms with van der Waals surface area (Å²) in [6.45, 7) is 2.53. The molecule has 0 aromatic heterocycles. The second-order valence-electron chi connectivity index (χ2n) is 1.99. The number of amides is 1. The molecule has 4 heteroatoms. The number of ether oxygens (including phenoxy) is 1. The zero-order chi connectivity index (χ0) is 7.98. The molecule has 10 heavy (non-hydrogen) atoms. The van der Waals surface area contributed by atoms with E-state index in [1.807, 2.05) is 6.92 Å². The number of carbonyl (C=O) groups is 1. The van der Waals surface area contributed by atoms with Gasteiger partial charge in [0.05, 0.1) is 6.61 Å². The predicted molar refractivity (Wildman–Crippen MR) is 43.0 cm³/mol. The Kier molecular flexibility index (Phi) is 5.20. The van der Waals surface area contributed by atoms with Gasteiger partial charge in [-0.2, -0.15) is 0 Å². The topological polar surface area (TPSA) is 29.5 Å². The monoisotopic (exact) mass is 163 g/mol. The molecule has 60 valence electrons. The lowest BCUT2D eigenvalue weighted by Crippen LogP contribution is -2.18. The fraction of sp³-hybridized carbons (Fsp3) is 0.833. The molecule has 0 spiro atoms. The van der Waals surface area contributed by atoms with Crippen LogP contribution in [0.3, 0.4) is 0 Å². The SMILES string of the molecule is CCCCOC(=O)N(C)S. The standard InChI is InChI=1S/C6H13NO2S/c1-3-4-5-9-6(8)7(2)10/h10H,3-5H2,1-2H3. The first-order valence-corrected chi connectivity index (χ1v) is 3.67. The van der Waals surface area contributed by atoms with E-state index in [1.165, 1.54) is 7.05 Å². The van der Waals surface area contributed by atoms with E-state index >= 15 is 0 Å². The van der Waals surface area contributed by atoms with Gasteiger partial charge in [-0.3, -0.25) is 4.31 Å². The number of carbonyl (C=O) groups excluding carboxylic acids is 1. The number of nitrogens with zero attached hydrogens (tertiary/aromatic N) is 1. The van der Waals surface area contributed by atoms with Crippen molar-refractivity contribution >= 4 is 18.9 Å². The number of rotatable bonds is 3. The maximum absolute atomic E-state index is 10.6. The minimum atomic E-state index is -0.392. The lowest BCUT2D eigenvalue weighted by molar-refractivity contribution is 0.131. The average molecular weight is 163 g/mol. The van der Waals surface area contributed by atoms with E-state index < -0.39 is 6.09 Å². The minimum Gasteiger partial charge on any atom is -0.449 e. The van der Waals surface area contributed by atoms with Crippen LogP contribution in [-0.4, -0.2) is 24.1 Å². The van der Waals surface area contributed by atoms with Gasteiger partial charge >= 0.3 is 6.09 Å². The van der Waals surface area contributed by atoms with Gasteiger partial charge in [0.2, 0.25) is 0 Å². The van der Waals surface area contributed by atoms with Gasteiger partial charge in [0.15, 0.2) is 0 Å². The molecule has 0 fully saturated rings. The third kappa shape index (κ3) is 4.49. The summed E-state index contributed by atoms with van der Waals surface area (Å²) in [5.74, 6) is 0. The third-order valence-electron chi connectivity index (χ3n) is 0.988. The highest BCUT2D eigenvalue weighted by Crippen LogP contribution is 1.95. The molecule has 0 unspecified atom stereocenters. The molecule has 0 bridgehead atoms. The molecule has 0 aromatic carbocycles. The summed E-state index contributed by atoms with van der Waals surface area (Å²) in [6, 6.07) is 0. The minimum absolute atomic E-state index is 0.392. The van der Waals surface area contributed by atoms with Crippen LogP contribution in [0.1, 0.15) is 19.8 Å². The Morgan fingerprint density at radius 3 is 2.70 bits per heavy atom. The van der Waals surface area contributed by atoms with Gasteiger partial charge in [0, 0.05) is 7.05 Å². The molecular weight excluding hydrogens is 150 g/mol. The Labute approximate surface area is 66.9 Å². The van der Waals surface area contributed by atoms with E-state index in [0.29, 0.717) is 6.61 Å². The van der Waals surface area contributed by atoms with E-state index in [-0.39, 0.29) is 0 Å². The molecule has 0 saturated heterocycles. The number of unbranched alkanes of at least 4 members (excludes halogenated alkanes) is 1. The Bertz CT molecular complexity index is 106. The second-order valence-corrected chi connectivity index (χ2v) is 2.59. The molecule has 0 saturated carbocycles. The lowest BCUT2D eigenvalue weighted by Gasteiger charge is -2.08. The highest BCUT2D eigenvalue weighted by molar-refractivity contribution is 7.78. The molecule has 0 aromatic rings. The Morgan fingerprint density at radius 2 is 2.30 bits per heavy atom. The number of thiol groups is 1. The molecular formula is C6H13NO2S. The fourth-order valence-corrected chi connectivity index (χ4v) is 0.455. The summed E-state index contributed by atoms with van der Waals surface area (Å²) in [5.41, 5.74) is 0. The predicted octanol–water partition coefficient (Wildman–Crippen LogP) is 1.70. The first-order valence-electron chi connectivity index (χ1n) is 3.27. The van der Waals surface area contributed by atoms with E-state index in [0.717, 1.165) is 17.1 Å². The quantitative estimate of drug-likeness (QED) is 0.507. The molecule has 1 amide bonds. The van der Waals surface area contributed by atoms with Crippen LogP contribution in [0.15, 0.2) is 0 Å². The van der Waals surface area contributed by atoms with Crippen molar-refractivity contribution in [3.05, 3.63) is 0 Å². The van der Waals surface area contributed by atoms with Gasteiger partial charge in [-0.1, -0.05) is 26.2 Å². The molecule has 0 rings (SSSR count). The first-order chi connectivity index (χ1) is 4.68. The van der Waals surface area contributed by atoms with Crippen LogP contribution in [0, 0.1) is 0 Å². The van der Waals surface area contributed by atoms with Crippen LogP contribution in [0.2, 0.25) is 0 Å². The van der Waals surface area contributed by atoms with Crippen LogP contribution in [0.5, 0.6) is 0 Å². The Morgan fingerprint density at radius 1 is 1.70 bits per heavy atom. The molecule has 0 N–H and O–H groups in total. The van der Waals surface area contributed by atoms with E-state index in [9.17, 15) is 4.79 Å². The summed E-state index contributed by atoms with van der Waals surface area (Å²) >= 11 is 3.75. The largest absolute Gasteiger partial charge is 0.449 e. The maximum Gasteiger partial charge on any atom is 0.419 e. The average Bonchev–Trinajstić information content (AvgIpc) is 1.88. The van der Waals surface area contributed by atoms with Gasteiger partial charge in [0.25, 0.3) is 0 Å². The van der Waals surface area contributed by atoms with Crippen LogP contribution in [0.4, 0.5) is 4.79 Å². The van der Waals surface area contributed by atoms with Crippen LogP contribution in [-0.2, 0) is 4.74 Å². The van der Waals surface area contributed by atoms with Crippen molar-refractivity contribution in [1.82, 2.24) is 4.31 Å². The molecule has 0 aliphatic heterocycles. The molecule has 0 aliphatic rings. The number of hydrogen-bond donors (Lipinski definition) is 1. The van der Waals surface area contributed by atoms with Gasteiger partial charge in [-0.25, -0.2) is 4.79 Å². The van der Waals surface area contributed by atoms with Crippen LogP contribution >= 0.6 is 12.8 Å². The van der Waals surface area contributed by atoms with Gasteiger partial charge < -0.3 is 4.74 Å². The highest BCUT2D eigenvalue weighted by Gasteiger charge is 2.02. The highest BCUT2D eigenvalue weighted by atomic mass is 32.1. The van der Waals surface area contributed by atoms with Crippen molar-refractivity contribution in [2.75, 3.05) is 13.7 Å². The molecule has 3 nitrogen and oxygen atoms in total. The van der Waals surface area contributed by atoms with Crippen molar-refractivity contribution in [3.8, 4) is 0 Å². The van der Waals surface area contributed by atoms with Gasteiger partial charge in [0.1, 0.15) is 0 Å². The van der Waals surface area contributed by atoms with Gasteiger partial charge in [-0.05, 0) is 6.42 Å². The third-order valence-corrected chi connectivity index (χ3v) is 1.15. The summed E-state index contributed by atoms with van der Waals surface area (Å²) < 4.78 is 5.88. The zero-order valence-corrected chi connectivity index (χ0v) is 7.23. The van der Waals surface area contributed by atoms with Gasteiger partial charge in [-0.15, -0.1) is 0 Å². The van der Waals surface area contributed by atoms with E-state index in [4.69, 9.17) is 4.74 Å². The Hall–Kier alpha value is -0.380. The summed E-state index contributed by atoms with van der Waals surface area (Å²) in [6.07, 6.45) is 1.55. The number of hydrogen-bond acceptors (Lipinski definition) is 3. The molecule has 0 radical (unpaired) electrons. The van der Waals surface area contributed by atoms with E-state index in [1.54, 1.807) is 0 Å². The molecule has 0 aliphatic carbocycles. The van der Waals surface area contributed by atoms with Crippen LogP contribution < -0.4 is 0 Å².